The highest BCUT2D eigenvalue weighted by Gasteiger charge is 2.18. The van der Waals surface area contributed by atoms with Crippen molar-refractivity contribution in [2.75, 3.05) is 46.6 Å². The van der Waals surface area contributed by atoms with Gasteiger partial charge in [-0.05, 0) is 42.9 Å². The van der Waals surface area contributed by atoms with Crippen molar-refractivity contribution < 1.29 is 14.3 Å². The van der Waals surface area contributed by atoms with Gasteiger partial charge in [0, 0.05) is 39.1 Å². The van der Waals surface area contributed by atoms with Gasteiger partial charge in [-0.2, -0.15) is 0 Å². The number of ether oxygens (including phenoxy) is 2. The number of methoxy groups -OCH3 is 1. The predicted octanol–water partition coefficient (Wildman–Crippen LogP) is 3.66. The SMILES string of the molecule is COCCOCCN(CCC1CCCCC1)C(=O)NCCCc1ccncc1. The third-order valence-electron chi connectivity index (χ3n) is 5.42. The number of aryl methyl sites for hydroxylation is 1. The van der Waals surface area contributed by atoms with E-state index in [0.29, 0.717) is 32.9 Å². The van der Waals surface area contributed by atoms with Gasteiger partial charge in [0.2, 0.25) is 0 Å². The maximum absolute atomic E-state index is 12.7. The summed E-state index contributed by atoms with van der Waals surface area (Å²) in [7, 11) is 1.67. The minimum atomic E-state index is 0.0286. The molecule has 1 saturated carbocycles. The fourth-order valence-electron chi connectivity index (χ4n) is 3.70. The molecule has 0 aromatic carbocycles. The Kier molecular flexibility index (Phi) is 11.6. The van der Waals surface area contributed by atoms with Crippen molar-refractivity contribution >= 4 is 6.03 Å². The maximum atomic E-state index is 12.7. The zero-order valence-electron chi connectivity index (χ0n) is 17.4. The molecule has 6 nitrogen and oxygen atoms in total. The van der Waals surface area contributed by atoms with Crippen LogP contribution in [0.4, 0.5) is 4.79 Å². The first-order chi connectivity index (χ1) is 13.8. The summed E-state index contributed by atoms with van der Waals surface area (Å²) in [5, 5.41) is 3.08. The van der Waals surface area contributed by atoms with Gasteiger partial charge < -0.3 is 19.7 Å². The van der Waals surface area contributed by atoms with Gasteiger partial charge in [-0.25, -0.2) is 4.79 Å². The van der Waals surface area contributed by atoms with Crippen LogP contribution in [-0.2, 0) is 15.9 Å². The minimum absolute atomic E-state index is 0.0286. The Morgan fingerprint density at radius 2 is 1.93 bits per heavy atom. The van der Waals surface area contributed by atoms with Gasteiger partial charge in [-0.1, -0.05) is 32.1 Å². The van der Waals surface area contributed by atoms with E-state index in [1.54, 1.807) is 7.11 Å². The summed E-state index contributed by atoms with van der Waals surface area (Å²) in [6.45, 7) is 3.84. The van der Waals surface area contributed by atoms with Crippen LogP contribution in [0.15, 0.2) is 24.5 Å². The molecule has 0 unspecified atom stereocenters. The Bertz CT molecular complexity index is 521. The van der Waals surface area contributed by atoms with E-state index in [2.05, 4.69) is 10.3 Å². The molecule has 1 aromatic rings. The monoisotopic (exact) mass is 391 g/mol. The van der Waals surface area contributed by atoms with Crippen molar-refractivity contribution in [3.05, 3.63) is 30.1 Å². The van der Waals surface area contributed by atoms with Gasteiger partial charge >= 0.3 is 6.03 Å². The summed E-state index contributed by atoms with van der Waals surface area (Å²) < 4.78 is 10.6. The fourth-order valence-corrected chi connectivity index (χ4v) is 3.70. The predicted molar refractivity (Wildman–Crippen MR) is 111 cm³/mol. The zero-order valence-corrected chi connectivity index (χ0v) is 17.4. The Balaban J connectivity index is 1.70. The standard InChI is InChI=1S/C22H37N3O3/c1-27-18-19-28-17-16-25(15-11-20-6-3-2-4-7-20)22(26)24-12-5-8-21-9-13-23-14-10-21/h9-10,13-14,20H,2-8,11-12,15-19H2,1H3,(H,24,26). The number of nitrogens with zero attached hydrogens (tertiary/aromatic N) is 2. The van der Waals surface area contributed by atoms with Gasteiger partial charge in [0.1, 0.15) is 0 Å². The van der Waals surface area contributed by atoms with E-state index in [0.717, 1.165) is 31.7 Å². The lowest BCUT2D eigenvalue weighted by Crippen LogP contribution is -2.43. The number of carbonyl (C=O) groups is 1. The first-order valence-electron chi connectivity index (χ1n) is 10.8. The highest BCUT2D eigenvalue weighted by Crippen LogP contribution is 2.26. The van der Waals surface area contributed by atoms with Crippen LogP contribution in [0.3, 0.4) is 0 Å². The highest BCUT2D eigenvalue weighted by molar-refractivity contribution is 5.74. The molecule has 0 atom stereocenters. The number of pyridine rings is 1. The molecule has 0 saturated heterocycles. The van der Waals surface area contributed by atoms with E-state index in [4.69, 9.17) is 9.47 Å². The van der Waals surface area contributed by atoms with Crippen molar-refractivity contribution in [1.82, 2.24) is 15.2 Å². The molecule has 1 aliphatic rings. The summed E-state index contributed by atoms with van der Waals surface area (Å²) in [6, 6.07) is 4.08. The summed E-state index contributed by atoms with van der Waals surface area (Å²) >= 11 is 0. The number of amides is 2. The molecular formula is C22H37N3O3. The third kappa shape index (κ3) is 9.51. The van der Waals surface area contributed by atoms with Crippen LogP contribution in [0.5, 0.6) is 0 Å². The molecular weight excluding hydrogens is 354 g/mol. The van der Waals surface area contributed by atoms with Gasteiger partial charge in [0.15, 0.2) is 0 Å². The van der Waals surface area contributed by atoms with Crippen molar-refractivity contribution in [3.8, 4) is 0 Å². The number of carbonyl (C=O) groups excluding carboxylic acids is 1. The van der Waals surface area contributed by atoms with E-state index in [1.807, 2.05) is 29.4 Å². The quantitative estimate of drug-likeness (QED) is 0.521. The van der Waals surface area contributed by atoms with Crippen LogP contribution in [0.25, 0.3) is 0 Å². The molecule has 1 N–H and O–H groups in total. The molecule has 0 aliphatic heterocycles. The first kappa shape index (κ1) is 22.6. The molecule has 2 amide bonds. The molecule has 1 aliphatic carbocycles. The number of hydrogen-bond acceptors (Lipinski definition) is 4. The lowest BCUT2D eigenvalue weighted by atomic mass is 9.87. The number of urea groups is 1. The molecule has 2 rings (SSSR count). The Hall–Kier alpha value is -1.66. The van der Waals surface area contributed by atoms with Gasteiger partial charge in [0.05, 0.1) is 19.8 Å². The van der Waals surface area contributed by atoms with Crippen LogP contribution in [-0.4, -0.2) is 62.5 Å². The molecule has 0 bridgehead atoms. The van der Waals surface area contributed by atoms with Crippen LogP contribution < -0.4 is 5.32 Å². The topological polar surface area (TPSA) is 63.7 Å². The number of hydrogen-bond donors (Lipinski definition) is 1. The van der Waals surface area contributed by atoms with Crippen LogP contribution in [0, 0.1) is 5.92 Å². The molecule has 28 heavy (non-hydrogen) atoms. The summed E-state index contributed by atoms with van der Waals surface area (Å²) in [5.41, 5.74) is 1.25. The number of rotatable bonds is 13. The first-order valence-corrected chi connectivity index (χ1v) is 10.8. The van der Waals surface area contributed by atoms with Crippen molar-refractivity contribution in [3.63, 3.8) is 0 Å². The van der Waals surface area contributed by atoms with E-state index in [1.165, 1.54) is 37.7 Å². The maximum Gasteiger partial charge on any atom is 0.317 e. The van der Waals surface area contributed by atoms with Crippen molar-refractivity contribution in [1.29, 1.82) is 0 Å². The highest BCUT2D eigenvalue weighted by atomic mass is 16.5. The number of aromatic nitrogens is 1. The van der Waals surface area contributed by atoms with E-state index in [9.17, 15) is 4.79 Å². The molecule has 1 aromatic heterocycles. The molecule has 1 fully saturated rings. The van der Waals surface area contributed by atoms with Gasteiger partial charge in [0.25, 0.3) is 0 Å². The van der Waals surface area contributed by atoms with Gasteiger partial charge in [-0.3, -0.25) is 4.98 Å². The summed E-state index contributed by atoms with van der Waals surface area (Å²) in [5.74, 6) is 0.769. The average molecular weight is 392 g/mol. The second kappa shape index (κ2) is 14.4. The minimum Gasteiger partial charge on any atom is -0.382 e. The zero-order chi connectivity index (χ0) is 19.9. The molecule has 0 radical (unpaired) electrons. The molecule has 1 heterocycles. The Labute approximate surface area is 170 Å². The van der Waals surface area contributed by atoms with E-state index < -0.39 is 0 Å². The van der Waals surface area contributed by atoms with Crippen LogP contribution >= 0.6 is 0 Å². The smallest absolute Gasteiger partial charge is 0.317 e. The van der Waals surface area contributed by atoms with Crippen LogP contribution in [0.2, 0.25) is 0 Å². The lowest BCUT2D eigenvalue weighted by molar-refractivity contribution is 0.0604. The Morgan fingerprint density at radius 3 is 2.68 bits per heavy atom. The molecule has 0 spiro atoms. The second-order valence-electron chi connectivity index (χ2n) is 7.58. The van der Waals surface area contributed by atoms with Gasteiger partial charge in [-0.15, -0.1) is 0 Å². The second-order valence-corrected chi connectivity index (χ2v) is 7.58. The summed E-state index contributed by atoms with van der Waals surface area (Å²) in [4.78, 5) is 18.6. The fraction of sp³-hybridized carbons (Fsp3) is 0.727. The Morgan fingerprint density at radius 1 is 1.14 bits per heavy atom. The number of nitrogens with one attached hydrogen (secondary N) is 1. The average Bonchev–Trinajstić information content (AvgIpc) is 2.74. The molecule has 158 valence electrons. The molecule has 6 heteroatoms. The van der Waals surface area contributed by atoms with Crippen molar-refractivity contribution in [2.45, 2.75) is 51.4 Å². The van der Waals surface area contributed by atoms with Crippen molar-refractivity contribution in [2.24, 2.45) is 5.92 Å². The normalized spacial score (nSPS) is 14.8. The third-order valence-corrected chi connectivity index (χ3v) is 5.42. The van der Waals surface area contributed by atoms with Crippen LogP contribution in [0.1, 0.15) is 50.5 Å². The largest absolute Gasteiger partial charge is 0.382 e. The summed E-state index contributed by atoms with van der Waals surface area (Å²) in [6.07, 6.45) is 13.3. The van der Waals surface area contributed by atoms with E-state index in [-0.39, 0.29) is 6.03 Å². The van der Waals surface area contributed by atoms with E-state index >= 15 is 0 Å². The lowest BCUT2D eigenvalue weighted by Gasteiger charge is -2.27.